The number of nitro groups is 2. The molecule has 0 aliphatic carbocycles. The molecular formula is C23H20N2O12. The molecule has 0 amide bonds. The SMILES string of the molecule is COC(=O)C(C(=O)C=Cc1cc(CO)c(O)c([N+](=O)[O-])c1)C(=O)C=Cc1cc(OC)c(O)c([N+](=O)[O-])c1. The molecule has 3 N–H and O–H groups in total. The number of rotatable bonds is 11. The fourth-order valence-corrected chi connectivity index (χ4v) is 3.10. The molecule has 14 heteroatoms. The Bertz CT molecular complexity index is 1240. The van der Waals surface area contributed by atoms with E-state index in [-0.39, 0.29) is 22.4 Å². The molecule has 2 aromatic rings. The van der Waals surface area contributed by atoms with Crippen molar-refractivity contribution in [3.05, 3.63) is 73.3 Å². The van der Waals surface area contributed by atoms with Gasteiger partial charge in [0, 0.05) is 17.7 Å². The smallest absolute Gasteiger partial charge is 0.324 e. The van der Waals surface area contributed by atoms with Gasteiger partial charge in [0.05, 0.1) is 30.7 Å². The molecule has 1 atom stereocenters. The van der Waals surface area contributed by atoms with E-state index >= 15 is 0 Å². The number of ether oxygens (including phenoxy) is 2. The number of benzene rings is 2. The number of nitrogens with zero attached hydrogens (tertiary/aromatic N) is 2. The van der Waals surface area contributed by atoms with Crippen LogP contribution in [-0.4, -0.2) is 56.9 Å². The molecular weight excluding hydrogens is 496 g/mol. The molecule has 0 spiro atoms. The Morgan fingerprint density at radius 1 is 0.892 bits per heavy atom. The summed E-state index contributed by atoms with van der Waals surface area (Å²) in [6, 6.07) is 4.19. The minimum Gasteiger partial charge on any atom is -0.502 e. The predicted octanol–water partition coefficient (Wildman–Crippen LogP) is 2.07. The number of phenols is 2. The highest BCUT2D eigenvalue weighted by atomic mass is 16.6. The van der Waals surface area contributed by atoms with Crippen molar-refractivity contribution in [2.75, 3.05) is 14.2 Å². The molecule has 0 bridgehead atoms. The quantitative estimate of drug-likeness (QED) is 0.129. The Morgan fingerprint density at radius 2 is 1.38 bits per heavy atom. The maximum atomic E-state index is 12.7. The van der Waals surface area contributed by atoms with Crippen LogP contribution in [0.4, 0.5) is 11.4 Å². The Hall–Kier alpha value is -5.11. The van der Waals surface area contributed by atoms with Crippen LogP contribution in [0.2, 0.25) is 0 Å². The molecule has 14 nitrogen and oxygen atoms in total. The molecule has 194 valence electrons. The Kier molecular flexibility index (Phi) is 9.15. The lowest BCUT2D eigenvalue weighted by Gasteiger charge is -2.09. The van der Waals surface area contributed by atoms with E-state index in [4.69, 9.17) is 4.74 Å². The second kappa shape index (κ2) is 12.0. The van der Waals surface area contributed by atoms with Gasteiger partial charge >= 0.3 is 17.3 Å². The fourth-order valence-electron chi connectivity index (χ4n) is 3.10. The second-order valence-electron chi connectivity index (χ2n) is 7.24. The van der Waals surface area contributed by atoms with Crippen molar-refractivity contribution in [2.24, 2.45) is 5.92 Å². The maximum absolute atomic E-state index is 12.7. The van der Waals surface area contributed by atoms with Crippen LogP contribution in [0.3, 0.4) is 0 Å². The molecule has 0 aliphatic heterocycles. The summed E-state index contributed by atoms with van der Waals surface area (Å²) >= 11 is 0. The monoisotopic (exact) mass is 516 g/mol. The molecule has 1 unspecified atom stereocenters. The van der Waals surface area contributed by atoms with Gasteiger partial charge in [-0.3, -0.25) is 34.6 Å². The molecule has 37 heavy (non-hydrogen) atoms. The summed E-state index contributed by atoms with van der Waals surface area (Å²) in [6.07, 6.45) is 3.69. The van der Waals surface area contributed by atoms with Crippen LogP contribution in [0.1, 0.15) is 16.7 Å². The molecule has 2 aromatic carbocycles. The summed E-state index contributed by atoms with van der Waals surface area (Å²) < 4.78 is 9.38. The number of allylic oxidation sites excluding steroid dienone is 2. The molecule has 0 aliphatic rings. The molecule has 0 fully saturated rings. The molecule has 0 aromatic heterocycles. The van der Waals surface area contributed by atoms with Gasteiger partial charge in [-0.2, -0.15) is 0 Å². The van der Waals surface area contributed by atoms with E-state index in [1.807, 2.05) is 0 Å². The zero-order chi connectivity index (χ0) is 27.9. The Balaban J connectivity index is 2.39. The van der Waals surface area contributed by atoms with Gasteiger partial charge in [-0.25, -0.2) is 0 Å². The van der Waals surface area contributed by atoms with E-state index in [9.17, 15) is 49.9 Å². The topological polar surface area (TPSA) is 217 Å². The van der Waals surface area contributed by atoms with E-state index in [1.165, 1.54) is 6.07 Å². The molecule has 0 saturated carbocycles. The highest BCUT2D eigenvalue weighted by molar-refractivity contribution is 6.24. The van der Waals surface area contributed by atoms with Crippen LogP contribution < -0.4 is 4.74 Å². The van der Waals surface area contributed by atoms with Crippen molar-refractivity contribution in [1.82, 2.24) is 0 Å². The fraction of sp³-hybridized carbons (Fsp3) is 0.174. The second-order valence-corrected chi connectivity index (χ2v) is 7.24. The normalized spacial score (nSPS) is 11.9. The van der Waals surface area contributed by atoms with E-state index in [2.05, 4.69) is 4.74 Å². The van der Waals surface area contributed by atoms with Crippen LogP contribution >= 0.6 is 0 Å². The number of hydrogen-bond donors (Lipinski definition) is 3. The van der Waals surface area contributed by atoms with Gasteiger partial charge in [0.25, 0.3) is 0 Å². The predicted molar refractivity (Wildman–Crippen MR) is 126 cm³/mol. The van der Waals surface area contributed by atoms with E-state index in [0.717, 1.165) is 56.7 Å². The molecule has 0 radical (unpaired) electrons. The lowest BCUT2D eigenvalue weighted by Crippen LogP contribution is -2.30. The first-order valence-corrected chi connectivity index (χ1v) is 10.1. The number of methoxy groups -OCH3 is 2. The molecule has 2 rings (SSSR count). The number of carbonyl (C=O) groups excluding carboxylic acids is 3. The summed E-state index contributed by atoms with van der Waals surface area (Å²) in [5.41, 5.74) is -1.59. The van der Waals surface area contributed by atoms with Gasteiger partial charge in [0.15, 0.2) is 29.0 Å². The lowest BCUT2D eigenvalue weighted by molar-refractivity contribution is -0.386. The number of phenolic OH excluding ortho intramolecular Hbond substituents is 1. The van der Waals surface area contributed by atoms with Gasteiger partial charge in [-0.1, -0.05) is 12.2 Å². The number of esters is 1. The first-order chi connectivity index (χ1) is 17.4. The lowest BCUT2D eigenvalue weighted by atomic mass is 9.96. The average molecular weight is 516 g/mol. The standard InChI is InChI=1S/C23H20N2O12/c1-36-19-10-13(9-16(22(19)30)25(34)35)4-6-18(28)20(23(31)37-2)17(27)5-3-12-7-14(11-26)21(29)15(8-12)24(32)33/h3-10,20,26,29-30H,11H2,1-2H3. The van der Waals surface area contributed by atoms with Crippen LogP contribution in [0.15, 0.2) is 36.4 Å². The minimum absolute atomic E-state index is 0.0111. The van der Waals surface area contributed by atoms with Gasteiger partial charge in [-0.15, -0.1) is 0 Å². The molecule has 0 heterocycles. The van der Waals surface area contributed by atoms with Crippen molar-refractivity contribution >= 4 is 41.1 Å². The number of hydrogen-bond acceptors (Lipinski definition) is 12. The van der Waals surface area contributed by atoms with Gasteiger partial charge in [-0.05, 0) is 35.4 Å². The van der Waals surface area contributed by atoms with E-state index < -0.39 is 62.8 Å². The third-order valence-electron chi connectivity index (χ3n) is 4.94. The average Bonchev–Trinajstić information content (AvgIpc) is 2.86. The first kappa shape index (κ1) is 28.1. The Labute approximate surface area is 208 Å². The number of aromatic hydroxyl groups is 2. The minimum atomic E-state index is -1.98. The van der Waals surface area contributed by atoms with Crippen LogP contribution in [-0.2, 0) is 25.7 Å². The highest BCUT2D eigenvalue weighted by Gasteiger charge is 2.32. The number of ketones is 2. The number of aliphatic hydroxyl groups excluding tert-OH is 1. The van der Waals surface area contributed by atoms with Crippen molar-refractivity contribution in [3.63, 3.8) is 0 Å². The van der Waals surface area contributed by atoms with E-state index in [0.29, 0.717) is 0 Å². The van der Waals surface area contributed by atoms with Gasteiger partial charge in [0.2, 0.25) is 5.75 Å². The summed E-state index contributed by atoms with van der Waals surface area (Å²) in [5.74, 6) is -7.05. The summed E-state index contributed by atoms with van der Waals surface area (Å²) in [4.78, 5) is 58.0. The number of aliphatic hydroxyl groups is 1. The zero-order valence-corrected chi connectivity index (χ0v) is 19.3. The number of carbonyl (C=O) groups is 3. The van der Waals surface area contributed by atoms with Crippen molar-refractivity contribution in [1.29, 1.82) is 0 Å². The molecule has 0 saturated heterocycles. The van der Waals surface area contributed by atoms with Crippen molar-refractivity contribution in [3.8, 4) is 17.2 Å². The third-order valence-corrected chi connectivity index (χ3v) is 4.94. The first-order valence-electron chi connectivity index (χ1n) is 10.1. The van der Waals surface area contributed by atoms with Crippen molar-refractivity contribution < 1.29 is 49.0 Å². The van der Waals surface area contributed by atoms with Crippen LogP contribution in [0.25, 0.3) is 12.2 Å². The van der Waals surface area contributed by atoms with Gasteiger partial charge in [0.1, 0.15) is 0 Å². The van der Waals surface area contributed by atoms with Crippen LogP contribution in [0, 0.1) is 26.1 Å². The van der Waals surface area contributed by atoms with Gasteiger partial charge < -0.3 is 24.8 Å². The van der Waals surface area contributed by atoms with E-state index in [1.54, 1.807) is 0 Å². The highest BCUT2D eigenvalue weighted by Crippen LogP contribution is 2.37. The number of nitro benzene ring substituents is 2. The zero-order valence-electron chi connectivity index (χ0n) is 19.3. The summed E-state index contributed by atoms with van der Waals surface area (Å²) in [6.45, 7) is -0.740. The van der Waals surface area contributed by atoms with Crippen LogP contribution in [0.5, 0.6) is 17.2 Å². The Morgan fingerprint density at radius 3 is 1.81 bits per heavy atom. The maximum Gasteiger partial charge on any atom is 0.324 e. The largest absolute Gasteiger partial charge is 0.502 e. The summed E-state index contributed by atoms with van der Waals surface area (Å²) in [5, 5.41) is 51.2. The summed E-state index contributed by atoms with van der Waals surface area (Å²) in [7, 11) is 2.09. The third kappa shape index (κ3) is 6.52. The van der Waals surface area contributed by atoms with Crippen molar-refractivity contribution in [2.45, 2.75) is 6.61 Å².